The fraction of sp³-hybridized carbons (Fsp3) is 0.583. The third-order valence-corrected chi connectivity index (χ3v) is 2.54. The molecule has 3 heteroatoms. The zero-order valence-corrected chi connectivity index (χ0v) is 9.51. The Kier molecular flexibility index (Phi) is 4.38. The lowest BCUT2D eigenvalue weighted by molar-refractivity contribution is 0.458. The number of rotatable bonds is 6. The Morgan fingerprint density at radius 1 is 1.53 bits per heavy atom. The Balaban J connectivity index is 2.29. The average molecular weight is 205 g/mol. The Morgan fingerprint density at radius 2 is 2.33 bits per heavy atom. The molecule has 1 heterocycles. The van der Waals surface area contributed by atoms with E-state index in [0.717, 1.165) is 19.5 Å². The van der Waals surface area contributed by atoms with Crippen LogP contribution in [-0.4, -0.2) is 18.1 Å². The van der Waals surface area contributed by atoms with Crippen molar-refractivity contribution < 1.29 is 0 Å². The molecule has 1 rings (SSSR count). The summed E-state index contributed by atoms with van der Waals surface area (Å²) in [6.07, 6.45) is 3.51. The van der Waals surface area contributed by atoms with Crippen LogP contribution >= 0.6 is 0 Å². The third kappa shape index (κ3) is 3.77. The molecule has 0 saturated heterocycles. The van der Waals surface area contributed by atoms with Gasteiger partial charge in [0.1, 0.15) is 0 Å². The van der Waals surface area contributed by atoms with Crippen molar-refractivity contribution in [3.05, 3.63) is 24.0 Å². The van der Waals surface area contributed by atoms with Crippen LogP contribution in [0.4, 0.5) is 0 Å². The summed E-state index contributed by atoms with van der Waals surface area (Å²) in [6, 6.07) is 6.28. The summed E-state index contributed by atoms with van der Waals surface area (Å²) in [5, 5.41) is 11.8. The van der Waals surface area contributed by atoms with Gasteiger partial charge in [-0.15, -0.1) is 0 Å². The van der Waals surface area contributed by atoms with Gasteiger partial charge in [0.25, 0.3) is 0 Å². The van der Waals surface area contributed by atoms with Crippen LogP contribution in [0.1, 0.15) is 32.4 Å². The lowest BCUT2D eigenvalue weighted by atomic mass is 9.89. The quantitative estimate of drug-likeness (QED) is 0.699. The number of nitriles is 1. The summed E-state index contributed by atoms with van der Waals surface area (Å²) >= 11 is 0. The van der Waals surface area contributed by atoms with Gasteiger partial charge in [0.05, 0.1) is 6.07 Å². The molecule has 0 radical (unpaired) electrons. The highest BCUT2D eigenvalue weighted by molar-refractivity contribution is 5.15. The number of aromatic nitrogens is 1. The second-order valence-corrected chi connectivity index (χ2v) is 4.41. The van der Waals surface area contributed by atoms with Crippen molar-refractivity contribution in [3.63, 3.8) is 0 Å². The molecule has 0 spiro atoms. The molecule has 0 unspecified atom stereocenters. The summed E-state index contributed by atoms with van der Waals surface area (Å²) in [7, 11) is 0. The predicted molar refractivity (Wildman–Crippen MR) is 61.5 cm³/mol. The molecule has 0 aliphatic carbocycles. The van der Waals surface area contributed by atoms with E-state index >= 15 is 0 Å². The highest BCUT2D eigenvalue weighted by Crippen LogP contribution is 2.19. The zero-order valence-electron chi connectivity index (χ0n) is 9.51. The number of nitrogens with zero attached hydrogens (tertiary/aromatic N) is 1. The molecule has 0 aromatic carbocycles. The second-order valence-electron chi connectivity index (χ2n) is 4.41. The van der Waals surface area contributed by atoms with E-state index in [1.165, 1.54) is 5.69 Å². The Bertz CT molecular complexity index is 306. The summed E-state index contributed by atoms with van der Waals surface area (Å²) < 4.78 is 0. The van der Waals surface area contributed by atoms with Crippen LogP contribution in [0.2, 0.25) is 0 Å². The van der Waals surface area contributed by atoms with Crippen LogP contribution in [0.25, 0.3) is 0 Å². The topological polar surface area (TPSA) is 51.6 Å². The van der Waals surface area contributed by atoms with Crippen molar-refractivity contribution in [2.75, 3.05) is 13.1 Å². The van der Waals surface area contributed by atoms with Gasteiger partial charge in [-0.05, 0) is 25.1 Å². The molecule has 0 amide bonds. The minimum atomic E-state index is 0.121. The van der Waals surface area contributed by atoms with Crippen molar-refractivity contribution in [3.8, 4) is 6.07 Å². The predicted octanol–water partition coefficient (Wildman–Crippen LogP) is 2.19. The Labute approximate surface area is 91.5 Å². The van der Waals surface area contributed by atoms with Gasteiger partial charge in [-0.3, -0.25) is 0 Å². The van der Waals surface area contributed by atoms with E-state index in [9.17, 15) is 0 Å². The van der Waals surface area contributed by atoms with Crippen LogP contribution in [-0.2, 0) is 5.41 Å². The SMILES string of the molecule is CC(C)(CNCCCC#N)c1ccc[nH]1. The minimum Gasteiger partial charge on any atom is -0.365 e. The molecule has 15 heavy (non-hydrogen) atoms. The van der Waals surface area contributed by atoms with E-state index in [-0.39, 0.29) is 5.41 Å². The number of unbranched alkanes of at least 4 members (excludes halogenated alkanes) is 1. The van der Waals surface area contributed by atoms with Crippen LogP contribution in [0.15, 0.2) is 18.3 Å². The molecule has 1 aromatic rings. The minimum absolute atomic E-state index is 0.121. The normalized spacial score (nSPS) is 11.3. The number of nitrogens with one attached hydrogen (secondary N) is 2. The van der Waals surface area contributed by atoms with Gasteiger partial charge in [-0.2, -0.15) is 5.26 Å². The van der Waals surface area contributed by atoms with Crippen LogP contribution in [0.5, 0.6) is 0 Å². The number of H-pyrrole nitrogens is 1. The summed E-state index contributed by atoms with van der Waals surface area (Å²) in [5.41, 5.74) is 1.37. The molecular weight excluding hydrogens is 186 g/mol. The largest absolute Gasteiger partial charge is 0.365 e. The van der Waals surface area contributed by atoms with Gasteiger partial charge >= 0.3 is 0 Å². The summed E-state index contributed by atoms with van der Waals surface area (Å²) in [6.45, 7) is 6.25. The van der Waals surface area contributed by atoms with Crippen LogP contribution in [0, 0.1) is 11.3 Å². The maximum absolute atomic E-state index is 8.39. The lowest BCUT2D eigenvalue weighted by Gasteiger charge is -2.23. The maximum atomic E-state index is 8.39. The molecule has 0 fully saturated rings. The Hall–Kier alpha value is -1.27. The number of aromatic amines is 1. The van der Waals surface area contributed by atoms with E-state index in [1.54, 1.807) is 0 Å². The molecule has 0 saturated carbocycles. The highest BCUT2D eigenvalue weighted by atomic mass is 14.9. The van der Waals surface area contributed by atoms with E-state index in [0.29, 0.717) is 6.42 Å². The third-order valence-electron chi connectivity index (χ3n) is 2.54. The van der Waals surface area contributed by atoms with Gasteiger partial charge in [0, 0.05) is 30.3 Å². The lowest BCUT2D eigenvalue weighted by Crippen LogP contribution is -2.33. The van der Waals surface area contributed by atoms with Gasteiger partial charge < -0.3 is 10.3 Å². The van der Waals surface area contributed by atoms with Crippen molar-refractivity contribution >= 4 is 0 Å². The first kappa shape index (κ1) is 11.8. The molecule has 3 nitrogen and oxygen atoms in total. The van der Waals surface area contributed by atoms with Crippen molar-refractivity contribution in [2.24, 2.45) is 0 Å². The first-order valence-electron chi connectivity index (χ1n) is 5.38. The molecular formula is C12H19N3. The van der Waals surface area contributed by atoms with E-state index in [4.69, 9.17) is 5.26 Å². The molecule has 82 valence electrons. The fourth-order valence-corrected chi connectivity index (χ4v) is 1.54. The molecule has 2 N–H and O–H groups in total. The van der Waals surface area contributed by atoms with Crippen LogP contribution in [0.3, 0.4) is 0 Å². The van der Waals surface area contributed by atoms with Gasteiger partial charge in [0.15, 0.2) is 0 Å². The maximum Gasteiger partial charge on any atom is 0.0622 e. The van der Waals surface area contributed by atoms with E-state index in [2.05, 4.69) is 36.3 Å². The van der Waals surface area contributed by atoms with Gasteiger partial charge in [-0.1, -0.05) is 13.8 Å². The molecule has 0 aliphatic heterocycles. The second kappa shape index (κ2) is 5.57. The first-order chi connectivity index (χ1) is 7.17. The zero-order chi connectivity index (χ0) is 11.1. The van der Waals surface area contributed by atoms with Crippen molar-refractivity contribution in [2.45, 2.75) is 32.1 Å². The van der Waals surface area contributed by atoms with Gasteiger partial charge in [-0.25, -0.2) is 0 Å². The van der Waals surface area contributed by atoms with Crippen molar-refractivity contribution in [1.82, 2.24) is 10.3 Å². The summed E-state index contributed by atoms with van der Waals surface area (Å²) in [5.74, 6) is 0. The Morgan fingerprint density at radius 3 is 2.93 bits per heavy atom. The summed E-state index contributed by atoms with van der Waals surface area (Å²) in [4.78, 5) is 3.24. The van der Waals surface area contributed by atoms with Crippen molar-refractivity contribution in [1.29, 1.82) is 5.26 Å². The highest BCUT2D eigenvalue weighted by Gasteiger charge is 2.20. The van der Waals surface area contributed by atoms with Gasteiger partial charge in [0.2, 0.25) is 0 Å². The number of hydrogen-bond donors (Lipinski definition) is 2. The molecule has 0 atom stereocenters. The standard InChI is InChI=1S/C12H19N3/c1-12(2,11-6-5-9-15-11)10-14-8-4-3-7-13/h5-6,9,14-15H,3-4,8,10H2,1-2H3. The fourth-order valence-electron chi connectivity index (χ4n) is 1.54. The average Bonchev–Trinajstić information content (AvgIpc) is 2.70. The smallest absolute Gasteiger partial charge is 0.0622 e. The molecule has 1 aromatic heterocycles. The monoisotopic (exact) mass is 205 g/mol. The molecule has 0 bridgehead atoms. The number of hydrogen-bond acceptors (Lipinski definition) is 2. The van der Waals surface area contributed by atoms with Crippen LogP contribution < -0.4 is 5.32 Å². The van der Waals surface area contributed by atoms with E-state index in [1.807, 2.05) is 12.3 Å². The first-order valence-corrected chi connectivity index (χ1v) is 5.38. The molecule has 0 aliphatic rings. The van der Waals surface area contributed by atoms with E-state index < -0.39 is 0 Å².